The third-order valence-corrected chi connectivity index (χ3v) is 8.27. The van der Waals surface area contributed by atoms with Crippen LogP contribution in [0.15, 0.2) is 58.5 Å². The van der Waals surface area contributed by atoms with Gasteiger partial charge in [-0.25, -0.2) is 9.03 Å². The summed E-state index contributed by atoms with van der Waals surface area (Å²) in [4.78, 5) is 1.14. The molecule has 1 unspecified atom stereocenters. The van der Waals surface area contributed by atoms with Crippen LogP contribution in [0.4, 0.5) is 0 Å². The molecule has 1 atom stereocenters. The van der Waals surface area contributed by atoms with Gasteiger partial charge in [-0.3, -0.25) is 0 Å². The van der Waals surface area contributed by atoms with E-state index in [2.05, 4.69) is 58.8 Å². The first-order valence-corrected chi connectivity index (χ1v) is 12.5. The minimum Gasteiger partial charge on any atom is -0.497 e. The Bertz CT molecular complexity index is 890. The molecule has 30 heavy (non-hydrogen) atoms. The second-order valence-corrected chi connectivity index (χ2v) is 11.6. The van der Waals surface area contributed by atoms with Crippen LogP contribution in [0.2, 0.25) is 5.02 Å². The van der Waals surface area contributed by atoms with E-state index in [0.717, 1.165) is 27.8 Å². The first-order chi connectivity index (χ1) is 14.3. The van der Waals surface area contributed by atoms with Gasteiger partial charge in [-0.1, -0.05) is 53.5 Å². The Morgan fingerprint density at radius 2 is 1.97 bits per heavy atom. The summed E-state index contributed by atoms with van der Waals surface area (Å²) in [5, 5.41) is 6.63. The van der Waals surface area contributed by atoms with E-state index in [0.29, 0.717) is 0 Å². The van der Waals surface area contributed by atoms with Crippen LogP contribution in [0.1, 0.15) is 25.0 Å². The van der Waals surface area contributed by atoms with Gasteiger partial charge in [-0.2, -0.15) is 0 Å². The zero-order chi connectivity index (χ0) is 21.7. The maximum Gasteiger partial charge on any atom is 0.138 e. The van der Waals surface area contributed by atoms with Gasteiger partial charge in [0.25, 0.3) is 0 Å². The van der Waals surface area contributed by atoms with Crippen molar-refractivity contribution in [3.05, 3.63) is 69.7 Å². The highest BCUT2D eigenvalue weighted by Crippen LogP contribution is 2.39. The van der Waals surface area contributed by atoms with Crippen molar-refractivity contribution in [2.75, 3.05) is 14.2 Å². The molecule has 0 spiro atoms. The van der Waals surface area contributed by atoms with Crippen molar-refractivity contribution in [3.8, 4) is 5.75 Å². The van der Waals surface area contributed by atoms with E-state index in [-0.39, 0.29) is 10.2 Å². The zero-order valence-electron chi connectivity index (χ0n) is 17.9. The maximum atomic E-state index is 6.23. The summed E-state index contributed by atoms with van der Waals surface area (Å²) in [7, 11) is 3.82. The Kier molecular flexibility index (Phi) is 8.35. The number of nitrogens with zero attached hydrogens (tertiary/aromatic N) is 1. The molecule has 0 saturated carbocycles. The molecule has 2 aromatic rings. The lowest BCUT2D eigenvalue weighted by Crippen LogP contribution is -2.38. The SMILES string of the molecule is COc1ccc(CN(C)SC(C)(C)C2=CSC(NSc3cccc(Cl)c3C)N2)cc1. The quantitative estimate of drug-likeness (QED) is 0.408. The first-order valence-electron chi connectivity index (χ1n) is 9.62. The minimum atomic E-state index is -0.0682. The third-order valence-electron chi connectivity index (χ3n) is 4.70. The Hall–Kier alpha value is -0.960. The second-order valence-electron chi connectivity index (χ2n) is 7.51. The fraction of sp³-hybridized carbons (Fsp3) is 0.364. The lowest BCUT2D eigenvalue weighted by molar-refractivity contribution is 0.414. The zero-order valence-corrected chi connectivity index (χ0v) is 21.1. The van der Waals surface area contributed by atoms with Gasteiger partial charge in [0.05, 0.1) is 11.9 Å². The highest BCUT2D eigenvalue weighted by molar-refractivity contribution is 8.04. The summed E-state index contributed by atoms with van der Waals surface area (Å²) in [6, 6.07) is 14.2. The van der Waals surface area contributed by atoms with Crippen LogP contribution in [-0.2, 0) is 6.54 Å². The maximum absolute atomic E-state index is 6.23. The lowest BCUT2D eigenvalue weighted by atomic mass is 10.1. The van der Waals surface area contributed by atoms with Crippen molar-refractivity contribution in [2.24, 2.45) is 0 Å². The molecule has 0 aromatic heterocycles. The van der Waals surface area contributed by atoms with Crippen molar-refractivity contribution in [2.45, 2.75) is 42.5 Å². The van der Waals surface area contributed by atoms with Crippen LogP contribution in [0.5, 0.6) is 5.75 Å². The van der Waals surface area contributed by atoms with Crippen LogP contribution in [0.3, 0.4) is 0 Å². The summed E-state index contributed by atoms with van der Waals surface area (Å²) in [5.74, 6) is 0.885. The van der Waals surface area contributed by atoms with Crippen LogP contribution >= 0.6 is 47.3 Å². The Morgan fingerprint density at radius 3 is 2.67 bits per heavy atom. The Labute approximate surface area is 197 Å². The van der Waals surface area contributed by atoms with Gasteiger partial charge < -0.3 is 10.1 Å². The van der Waals surface area contributed by atoms with Crippen molar-refractivity contribution in [1.82, 2.24) is 14.3 Å². The molecule has 3 rings (SSSR count). The molecule has 162 valence electrons. The molecule has 0 aliphatic carbocycles. The van der Waals surface area contributed by atoms with Crippen LogP contribution < -0.4 is 14.8 Å². The molecule has 2 aromatic carbocycles. The fourth-order valence-corrected chi connectivity index (χ4v) is 6.41. The number of methoxy groups -OCH3 is 1. The molecule has 2 N–H and O–H groups in total. The van der Waals surface area contributed by atoms with Crippen LogP contribution in [-0.4, -0.2) is 28.7 Å². The lowest BCUT2D eigenvalue weighted by Gasteiger charge is -2.31. The number of hydrogen-bond donors (Lipinski definition) is 2. The Balaban J connectivity index is 1.50. The first kappa shape index (κ1) is 23.7. The average Bonchev–Trinajstić information content (AvgIpc) is 3.19. The topological polar surface area (TPSA) is 36.5 Å². The second kappa shape index (κ2) is 10.6. The third kappa shape index (κ3) is 6.28. The van der Waals surface area contributed by atoms with Crippen molar-refractivity contribution >= 4 is 47.3 Å². The van der Waals surface area contributed by atoms with Gasteiger partial charge in [0, 0.05) is 22.2 Å². The largest absolute Gasteiger partial charge is 0.497 e. The standard InChI is InChI=1S/C22H28ClN3OS3/c1-15-18(23)7-6-8-19(15)29-25-21-24-20(14-28-21)22(2,3)30-26(4)13-16-9-11-17(27-5)12-10-16/h6-12,14,21,24-25H,13H2,1-5H3. The van der Waals surface area contributed by atoms with Gasteiger partial charge in [0.2, 0.25) is 0 Å². The summed E-state index contributed by atoms with van der Waals surface area (Å²) in [6.45, 7) is 7.41. The van der Waals surface area contributed by atoms with Crippen molar-refractivity contribution in [3.63, 3.8) is 0 Å². The summed E-state index contributed by atoms with van der Waals surface area (Å²) >= 11 is 11.4. The molecule has 1 aliphatic heterocycles. The summed E-state index contributed by atoms with van der Waals surface area (Å²) < 4.78 is 10.9. The summed E-state index contributed by atoms with van der Waals surface area (Å²) in [5.41, 5.74) is 3.70. The number of benzene rings is 2. The van der Waals surface area contributed by atoms with E-state index >= 15 is 0 Å². The molecular formula is C22H28ClN3OS3. The van der Waals surface area contributed by atoms with Gasteiger partial charge >= 0.3 is 0 Å². The van der Waals surface area contributed by atoms with Crippen LogP contribution in [0.25, 0.3) is 0 Å². The molecule has 0 saturated heterocycles. The minimum absolute atomic E-state index is 0.0682. The number of ether oxygens (including phenoxy) is 1. The van der Waals surface area contributed by atoms with Crippen molar-refractivity contribution in [1.29, 1.82) is 0 Å². The molecule has 1 aliphatic rings. The molecule has 0 amide bonds. The van der Waals surface area contributed by atoms with Gasteiger partial charge in [0.1, 0.15) is 11.2 Å². The molecule has 8 heteroatoms. The number of thioether (sulfide) groups is 1. The number of halogens is 1. The molecule has 0 fully saturated rings. The van der Waals surface area contributed by atoms with E-state index in [1.165, 1.54) is 11.3 Å². The van der Waals surface area contributed by atoms with E-state index in [9.17, 15) is 0 Å². The van der Waals surface area contributed by atoms with E-state index in [4.69, 9.17) is 16.3 Å². The van der Waals surface area contributed by atoms with Gasteiger partial charge in [0.15, 0.2) is 0 Å². The fourth-order valence-electron chi connectivity index (χ4n) is 2.99. The highest BCUT2D eigenvalue weighted by atomic mass is 35.5. The monoisotopic (exact) mass is 481 g/mol. The van der Waals surface area contributed by atoms with Gasteiger partial charge in [-0.05, 0) is 80.6 Å². The molecule has 1 heterocycles. The molecule has 0 radical (unpaired) electrons. The van der Waals surface area contributed by atoms with Crippen LogP contribution in [0, 0.1) is 6.92 Å². The normalized spacial score (nSPS) is 16.5. The average molecular weight is 482 g/mol. The van der Waals surface area contributed by atoms with E-state index in [1.54, 1.807) is 30.8 Å². The number of rotatable bonds is 9. The van der Waals surface area contributed by atoms with E-state index in [1.807, 2.05) is 43.1 Å². The molecular weight excluding hydrogens is 454 g/mol. The highest BCUT2D eigenvalue weighted by Gasteiger charge is 2.31. The molecule has 0 bridgehead atoms. The predicted molar refractivity (Wildman–Crippen MR) is 134 cm³/mol. The Morgan fingerprint density at radius 1 is 1.23 bits per heavy atom. The van der Waals surface area contributed by atoms with Gasteiger partial charge in [-0.15, -0.1) is 0 Å². The predicted octanol–water partition coefficient (Wildman–Crippen LogP) is 6.27. The number of hydrogen-bond acceptors (Lipinski definition) is 7. The number of nitrogens with one attached hydrogen (secondary N) is 2. The summed E-state index contributed by atoms with van der Waals surface area (Å²) in [6.07, 6.45) is 0. The van der Waals surface area contributed by atoms with Crippen molar-refractivity contribution < 1.29 is 4.74 Å². The smallest absolute Gasteiger partial charge is 0.138 e. The molecule has 4 nitrogen and oxygen atoms in total. The van der Waals surface area contributed by atoms with E-state index < -0.39 is 0 Å².